The standard InChI is InChI=1S/C38H33ClN4O9/c1-19(2)18-51-38(50)27-17-22(11-12-28(27)39)29-13-14-30(52-29)33(31-20(3)40-42(34(31)44)25-9-5-7-23(15-25)36(46)47)32-21(4)41-43(35(32)45)26-10-6-8-24(16-26)37(48)49/h5-17,19,33,40-41H,18H2,1-4H3,(H,46,47)(H,48,49). The largest absolute Gasteiger partial charge is 0.478 e. The van der Waals surface area contributed by atoms with E-state index in [4.69, 9.17) is 20.8 Å². The fourth-order valence-electron chi connectivity index (χ4n) is 5.97. The number of aromatic nitrogens is 4. The smallest absolute Gasteiger partial charge is 0.339 e. The van der Waals surface area contributed by atoms with Crippen molar-refractivity contribution in [1.29, 1.82) is 0 Å². The number of benzene rings is 3. The van der Waals surface area contributed by atoms with Gasteiger partial charge < -0.3 is 19.4 Å². The molecule has 0 aliphatic carbocycles. The number of carbonyl (C=O) groups excluding carboxylic acids is 1. The van der Waals surface area contributed by atoms with Crippen molar-refractivity contribution in [3.63, 3.8) is 0 Å². The number of carboxylic acids is 2. The Bertz CT molecular complexity index is 2360. The van der Waals surface area contributed by atoms with Gasteiger partial charge in [-0.25, -0.2) is 23.7 Å². The number of halogens is 1. The van der Waals surface area contributed by atoms with Crippen LogP contribution in [-0.4, -0.2) is 54.3 Å². The molecule has 0 spiro atoms. The van der Waals surface area contributed by atoms with Crippen LogP contribution in [-0.2, 0) is 4.74 Å². The second-order valence-corrected chi connectivity index (χ2v) is 13.0. The van der Waals surface area contributed by atoms with Crippen molar-refractivity contribution in [3.8, 4) is 22.7 Å². The predicted octanol–water partition coefficient (Wildman–Crippen LogP) is 6.56. The quantitative estimate of drug-likeness (QED) is 0.107. The van der Waals surface area contributed by atoms with Crippen molar-refractivity contribution < 1.29 is 33.8 Å². The summed E-state index contributed by atoms with van der Waals surface area (Å²) in [5, 5.41) is 25.4. The summed E-state index contributed by atoms with van der Waals surface area (Å²) in [5.41, 5.74) is 0.946. The number of carboxylic acid groups (broad SMARTS) is 2. The number of aryl methyl sites for hydroxylation is 2. The van der Waals surface area contributed by atoms with Crippen LogP contribution in [0.4, 0.5) is 0 Å². The van der Waals surface area contributed by atoms with Gasteiger partial charge in [-0.05, 0) is 86.5 Å². The molecule has 0 aliphatic heterocycles. The van der Waals surface area contributed by atoms with Gasteiger partial charge >= 0.3 is 17.9 Å². The second kappa shape index (κ2) is 14.1. The minimum atomic E-state index is -1.17. The first kappa shape index (κ1) is 35.5. The monoisotopic (exact) mass is 724 g/mol. The summed E-state index contributed by atoms with van der Waals surface area (Å²) >= 11 is 6.36. The van der Waals surface area contributed by atoms with Gasteiger partial charge in [0.15, 0.2) is 0 Å². The Morgan fingerprint density at radius 1 is 0.788 bits per heavy atom. The van der Waals surface area contributed by atoms with Crippen molar-refractivity contribution in [2.24, 2.45) is 5.92 Å². The van der Waals surface area contributed by atoms with Crippen molar-refractivity contribution in [3.05, 3.63) is 150 Å². The molecule has 13 nitrogen and oxygen atoms in total. The molecule has 0 radical (unpaired) electrons. The number of rotatable bonds is 11. The summed E-state index contributed by atoms with van der Waals surface area (Å²) < 4.78 is 14.2. The molecule has 266 valence electrons. The summed E-state index contributed by atoms with van der Waals surface area (Å²) in [4.78, 5) is 64.9. The zero-order valence-electron chi connectivity index (χ0n) is 28.4. The molecule has 0 unspecified atom stereocenters. The summed E-state index contributed by atoms with van der Waals surface area (Å²) in [5.74, 6) is -3.44. The number of aromatic carboxylic acids is 2. The lowest BCUT2D eigenvalue weighted by Gasteiger charge is -2.13. The molecule has 0 atom stereocenters. The van der Waals surface area contributed by atoms with E-state index in [0.717, 1.165) is 0 Å². The highest BCUT2D eigenvalue weighted by atomic mass is 35.5. The number of H-pyrrole nitrogens is 2. The Morgan fingerprint density at radius 2 is 1.33 bits per heavy atom. The molecule has 3 heterocycles. The minimum absolute atomic E-state index is 0.0335. The van der Waals surface area contributed by atoms with E-state index >= 15 is 0 Å². The van der Waals surface area contributed by atoms with Gasteiger partial charge in [-0.3, -0.25) is 19.8 Å². The number of aromatic amines is 2. The number of ether oxygens (including phenoxy) is 1. The molecule has 0 saturated carbocycles. The molecule has 3 aromatic carbocycles. The molecule has 3 aromatic heterocycles. The van der Waals surface area contributed by atoms with Crippen LogP contribution in [0.25, 0.3) is 22.7 Å². The molecule has 4 N–H and O–H groups in total. The number of esters is 1. The topological polar surface area (TPSA) is 190 Å². The lowest BCUT2D eigenvalue weighted by atomic mass is 9.89. The van der Waals surface area contributed by atoms with Crippen molar-refractivity contribution in [1.82, 2.24) is 19.6 Å². The van der Waals surface area contributed by atoms with Crippen LogP contribution in [0, 0.1) is 19.8 Å². The van der Waals surface area contributed by atoms with E-state index in [-0.39, 0.29) is 62.5 Å². The van der Waals surface area contributed by atoms with E-state index in [0.29, 0.717) is 22.7 Å². The third-order valence-corrected chi connectivity index (χ3v) is 8.77. The van der Waals surface area contributed by atoms with E-state index in [2.05, 4.69) is 10.2 Å². The number of hydrogen-bond donors (Lipinski definition) is 4. The van der Waals surface area contributed by atoms with Crippen LogP contribution in [0.15, 0.2) is 92.9 Å². The zero-order valence-corrected chi connectivity index (χ0v) is 29.1. The highest BCUT2D eigenvalue weighted by Crippen LogP contribution is 2.36. The second-order valence-electron chi connectivity index (χ2n) is 12.6. The molecule has 0 amide bonds. The van der Waals surface area contributed by atoms with Gasteiger partial charge in [0.05, 0.1) is 56.7 Å². The average molecular weight is 725 g/mol. The van der Waals surface area contributed by atoms with Gasteiger partial charge in [-0.15, -0.1) is 0 Å². The van der Waals surface area contributed by atoms with Gasteiger partial charge in [-0.1, -0.05) is 37.6 Å². The number of hydrogen-bond acceptors (Lipinski definition) is 7. The van der Waals surface area contributed by atoms with Crippen LogP contribution in [0.5, 0.6) is 0 Å². The molecular formula is C38H33ClN4O9. The van der Waals surface area contributed by atoms with E-state index in [9.17, 15) is 34.2 Å². The molecule has 14 heteroatoms. The Morgan fingerprint density at radius 3 is 1.83 bits per heavy atom. The highest BCUT2D eigenvalue weighted by Gasteiger charge is 2.33. The van der Waals surface area contributed by atoms with E-state index in [1.54, 1.807) is 50.2 Å². The Labute approximate surface area is 300 Å². The molecule has 0 bridgehead atoms. The van der Waals surface area contributed by atoms with Crippen LogP contribution in [0.2, 0.25) is 5.02 Å². The molecule has 6 rings (SSSR count). The lowest BCUT2D eigenvalue weighted by molar-refractivity contribution is 0.0458. The first-order chi connectivity index (χ1) is 24.7. The van der Waals surface area contributed by atoms with E-state index in [1.807, 2.05) is 13.8 Å². The Balaban J connectivity index is 1.53. The minimum Gasteiger partial charge on any atom is -0.478 e. The number of nitrogens with one attached hydrogen (secondary N) is 2. The molecule has 0 aliphatic rings. The van der Waals surface area contributed by atoms with E-state index < -0.39 is 34.9 Å². The number of carbonyl (C=O) groups is 3. The molecule has 0 saturated heterocycles. The van der Waals surface area contributed by atoms with E-state index in [1.165, 1.54) is 51.8 Å². The van der Waals surface area contributed by atoms with Gasteiger partial charge in [0.1, 0.15) is 11.5 Å². The van der Waals surface area contributed by atoms with Crippen LogP contribution >= 0.6 is 11.6 Å². The molecule has 6 aromatic rings. The fourth-order valence-corrected chi connectivity index (χ4v) is 6.16. The number of furan rings is 1. The summed E-state index contributed by atoms with van der Waals surface area (Å²) in [7, 11) is 0. The first-order valence-corrected chi connectivity index (χ1v) is 16.5. The van der Waals surface area contributed by atoms with Crippen LogP contribution < -0.4 is 11.1 Å². The van der Waals surface area contributed by atoms with Crippen LogP contribution in [0.3, 0.4) is 0 Å². The number of nitrogens with zero attached hydrogens (tertiary/aromatic N) is 2. The summed E-state index contributed by atoms with van der Waals surface area (Å²) in [6, 6.07) is 19.7. The molecule has 52 heavy (non-hydrogen) atoms. The maximum Gasteiger partial charge on any atom is 0.339 e. The van der Waals surface area contributed by atoms with Crippen LogP contribution in [0.1, 0.15) is 79.1 Å². The third kappa shape index (κ3) is 6.73. The SMILES string of the molecule is Cc1[nH]n(-c2cccc(C(=O)O)c2)c(=O)c1C(c1ccc(-c2ccc(Cl)c(C(=O)OCC(C)C)c2)o1)c1c(C)[nH]n(-c2cccc(C(=O)O)c2)c1=O. The summed E-state index contributed by atoms with van der Waals surface area (Å²) in [6.07, 6.45) is 0. The highest BCUT2D eigenvalue weighted by molar-refractivity contribution is 6.33. The lowest BCUT2D eigenvalue weighted by Crippen LogP contribution is -2.25. The van der Waals surface area contributed by atoms with Crippen molar-refractivity contribution >= 4 is 29.5 Å². The summed E-state index contributed by atoms with van der Waals surface area (Å²) in [6.45, 7) is 7.32. The van der Waals surface area contributed by atoms with Gasteiger partial charge in [-0.2, -0.15) is 0 Å². The maximum absolute atomic E-state index is 14.3. The van der Waals surface area contributed by atoms with Crippen molar-refractivity contribution in [2.75, 3.05) is 6.61 Å². The maximum atomic E-state index is 14.3. The van der Waals surface area contributed by atoms with Gasteiger partial charge in [0.25, 0.3) is 11.1 Å². The van der Waals surface area contributed by atoms with Gasteiger partial charge in [0.2, 0.25) is 0 Å². The Kier molecular flexibility index (Phi) is 9.63. The first-order valence-electron chi connectivity index (χ1n) is 16.1. The van der Waals surface area contributed by atoms with Gasteiger partial charge in [0, 0.05) is 17.0 Å². The Hall–Kier alpha value is -6.34. The molecule has 0 fully saturated rings. The molecular weight excluding hydrogens is 692 g/mol. The normalized spacial score (nSPS) is 11.4. The zero-order chi connectivity index (χ0) is 37.4. The average Bonchev–Trinajstić information content (AvgIpc) is 3.80. The van der Waals surface area contributed by atoms with Crippen molar-refractivity contribution in [2.45, 2.75) is 33.6 Å². The predicted molar refractivity (Wildman–Crippen MR) is 191 cm³/mol. The third-order valence-electron chi connectivity index (χ3n) is 8.44. The fraction of sp³-hybridized carbons (Fsp3) is 0.184.